The Labute approximate surface area is 140 Å². The third kappa shape index (κ3) is 3.62. The Balaban J connectivity index is 1.56. The normalized spacial score (nSPS) is 10.6. The Morgan fingerprint density at radius 2 is 1.96 bits per heavy atom. The largest absolute Gasteiger partial charge is 0.336 e. The fourth-order valence-electron chi connectivity index (χ4n) is 2.51. The monoisotopic (exact) mass is 324 g/mol. The SMILES string of the molecule is Cc1cc(C)n(CCNC(=O)Nc2ccnn2-c2ccccc2)n1. The van der Waals surface area contributed by atoms with E-state index in [4.69, 9.17) is 0 Å². The highest BCUT2D eigenvalue weighted by atomic mass is 16.2. The Kier molecular flexibility index (Phi) is 4.60. The molecule has 0 saturated heterocycles. The molecule has 0 aliphatic heterocycles. The second-order valence-electron chi connectivity index (χ2n) is 5.49. The lowest BCUT2D eigenvalue weighted by atomic mass is 10.3. The number of urea groups is 1. The summed E-state index contributed by atoms with van der Waals surface area (Å²) in [5.74, 6) is 0.616. The highest BCUT2D eigenvalue weighted by Crippen LogP contribution is 2.13. The van der Waals surface area contributed by atoms with Crippen molar-refractivity contribution in [2.24, 2.45) is 0 Å². The van der Waals surface area contributed by atoms with Crippen LogP contribution in [0.1, 0.15) is 11.4 Å². The molecule has 0 atom stereocenters. The van der Waals surface area contributed by atoms with Crippen molar-refractivity contribution in [2.75, 3.05) is 11.9 Å². The maximum atomic E-state index is 12.1. The van der Waals surface area contributed by atoms with Crippen LogP contribution in [-0.4, -0.2) is 32.1 Å². The van der Waals surface area contributed by atoms with Gasteiger partial charge in [0.15, 0.2) is 0 Å². The van der Waals surface area contributed by atoms with E-state index < -0.39 is 0 Å². The maximum Gasteiger partial charge on any atom is 0.320 e. The fraction of sp³-hybridized carbons (Fsp3) is 0.235. The third-order valence-electron chi connectivity index (χ3n) is 3.60. The summed E-state index contributed by atoms with van der Waals surface area (Å²) in [5, 5.41) is 14.3. The molecule has 2 heterocycles. The van der Waals surface area contributed by atoms with E-state index in [2.05, 4.69) is 20.8 Å². The summed E-state index contributed by atoms with van der Waals surface area (Å²) >= 11 is 0. The number of nitrogens with zero attached hydrogens (tertiary/aromatic N) is 4. The Morgan fingerprint density at radius 1 is 1.17 bits per heavy atom. The molecule has 1 aromatic carbocycles. The van der Waals surface area contributed by atoms with E-state index in [9.17, 15) is 4.79 Å². The lowest BCUT2D eigenvalue weighted by Gasteiger charge is -2.10. The molecule has 2 N–H and O–H groups in total. The van der Waals surface area contributed by atoms with E-state index >= 15 is 0 Å². The summed E-state index contributed by atoms with van der Waals surface area (Å²) in [6.45, 7) is 5.07. The topological polar surface area (TPSA) is 76.8 Å². The second-order valence-corrected chi connectivity index (χ2v) is 5.49. The first-order valence-electron chi connectivity index (χ1n) is 7.79. The summed E-state index contributed by atoms with van der Waals surface area (Å²) in [4.78, 5) is 12.1. The quantitative estimate of drug-likeness (QED) is 0.757. The van der Waals surface area contributed by atoms with Crippen molar-refractivity contribution in [3.63, 3.8) is 0 Å². The molecule has 0 bridgehead atoms. The van der Waals surface area contributed by atoms with Gasteiger partial charge in [-0.1, -0.05) is 18.2 Å². The van der Waals surface area contributed by atoms with Crippen LogP contribution in [-0.2, 0) is 6.54 Å². The van der Waals surface area contributed by atoms with Gasteiger partial charge in [-0.2, -0.15) is 10.2 Å². The first-order chi connectivity index (χ1) is 11.6. The smallest absolute Gasteiger partial charge is 0.320 e. The van der Waals surface area contributed by atoms with Gasteiger partial charge in [0.05, 0.1) is 24.1 Å². The second kappa shape index (κ2) is 6.99. The Bertz CT molecular complexity index is 821. The number of aromatic nitrogens is 4. The van der Waals surface area contributed by atoms with Gasteiger partial charge in [0.1, 0.15) is 5.82 Å². The highest BCUT2D eigenvalue weighted by molar-refractivity contribution is 5.88. The van der Waals surface area contributed by atoms with Crippen molar-refractivity contribution in [1.82, 2.24) is 24.9 Å². The van der Waals surface area contributed by atoms with Crippen LogP contribution in [0.2, 0.25) is 0 Å². The van der Waals surface area contributed by atoms with E-state index in [1.54, 1.807) is 16.9 Å². The maximum absolute atomic E-state index is 12.1. The number of amides is 2. The number of rotatable bonds is 5. The molecule has 0 spiro atoms. The first kappa shape index (κ1) is 15.8. The van der Waals surface area contributed by atoms with Gasteiger partial charge < -0.3 is 5.32 Å². The van der Waals surface area contributed by atoms with Gasteiger partial charge in [0.25, 0.3) is 0 Å². The average Bonchev–Trinajstić information content (AvgIpc) is 3.14. The van der Waals surface area contributed by atoms with Gasteiger partial charge in [-0.15, -0.1) is 0 Å². The molecule has 124 valence electrons. The number of para-hydroxylation sites is 1. The van der Waals surface area contributed by atoms with Gasteiger partial charge in [-0.25, -0.2) is 9.48 Å². The van der Waals surface area contributed by atoms with Crippen LogP contribution in [0, 0.1) is 13.8 Å². The predicted molar refractivity (Wildman–Crippen MR) is 92.3 cm³/mol. The van der Waals surface area contributed by atoms with E-state index in [0.29, 0.717) is 18.9 Å². The summed E-state index contributed by atoms with van der Waals surface area (Å²) < 4.78 is 3.56. The van der Waals surface area contributed by atoms with E-state index in [-0.39, 0.29) is 6.03 Å². The number of carbonyl (C=O) groups excluding carboxylic acids is 1. The Morgan fingerprint density at radius 3 is 2.67 bits per heavy atom. The molecule has 7 heteroatoms. The summed E-state index contributed by atoms with van der Waals surface area (Å²) in [5.41, 5.74) is 2.95. The molecule has 3 aromatic rings. The van der Waals surface area contributed by atoms with Gasteiger partial charge in [0.2, 0.25) is 0 Å². The molecule has 7 nitrogen and oxygen atoms in total. The molecule has 0 radical (unpaired) electrons. The summed E-state index contributed by atoms with van der Waals surface area (Å²) in [6, 6.07) is 13.1. The van der Waals surface area contributed by atoms with E-state index in [0.717, 1.165) is 17.1 Å². The van der Waals surface area contributed by atoms with Crippen LogP contribution >= 0.6 is 0 Å². The minimum absolute atomic E-state index is 0.269. The van der Waals surface area contributed by atoms with Crippen LogP contribution < -0.4 is 10.6 Å². The molecular formula is C17H20N6O. The molecule has 0 saturated carbocycles. The first-order valence-corrected chi connectivity index (χ1v) is 7.79. The van der Waals surface area contributed by atoms with Crippen LogP contribution in [0.25, 0.3) is 5.69 Å². The summed E-state index contributed by atoms with van der Waals surface area (Å²) in [6.07, 6.45) is 1.65. The molecule has 0 unspecified atom stereocenters. The number of benzene rings is 1. The van der Waals surface area contributed by atoms with Crippen molar-refractivity contribution in [3.8, 4) is 5.69 Å². The molecule has 24 heavy (non-hydrogen) atoms. The van der Waals surface area contributed by atoms with Crippen molar-refractivity contribution < 1.29 is 4.79 Å². The molecule has 0 aliphatic carbocycles. The van der Waals surface area contributed by atoms with E-state index in [1.165, 1.54) is 0 Å². The number of anilines is 1. The van der Waals surface area contributed by atoms with Crippen molar-refractivity contribution >= 4 is 11.8 Å². The predicted octanol–water partition coefficient (Wildman–Crippen LogP) is 2.51. The lowest BCUT2D eigenvalue weighted by Crippen LogP contribution is -2.32. The molecular weight excluding hydrogens is 304 g/mol. The zero-order valence-corrected chi connectivity index (χ0v) is 13.7. The van der Waals surface area contributed by atoms with Crippen molar-refractivity contribution in [2.45, 2.75) is 20.4 Å². The average molecular weight is 324 g/mol. The molecule has 0 aliphatic rings. The van der Waals surface area contributed by atoms with Crippen LogP contribution in [0.3, 0.4) is 0 Å². The lowest BCUT2D eigenvalue weighted by molar-refractivity contribution is 0.251. The van der Waals surface area contributed by atoms with Crippen LogP contribution in [0.15, 0.2) is 48.7 Å². The van der Waals surface area contributed by atoms with Gasteiger partial charge in [-0.05, 0) is 32.0 Å². The highest BCUT2D eigenvalue weighted by Gasteiger charge is 2.08. The Hall–Kier alpha value is -3.09. The van der Waals surface area contributed by atoms with Crippen LogP contribution in [0.5, 0.6) is 0 Å². The number of nitrogens with one attached hydrogen (secondary N) is 2. The van der Waals surface area contributed by atoms with Gasteiger partial charge in [0, 0.05) is 18.3 Å². The van der Waals surface area contributed by atoms with Gasteiger partial charge >= 0.3 is 6.03 Å². The third-order valence-corrected chi connectivity index (χ3v) is 3.60. The van der Waals surface area contributed by atoms with E-state index in [1.807, 2.05) is 54.9 Å². The zero-order chi connectivity index (χ0) is 16.9. The molecule has 0 fully saturated rings. The number of hydrogen-bond donors (Lipinski definition) is 2. The van der Waals surface area contributed by atoms with Crippen molar-refractivity contribution in [1.29, 1.82) is 0 Å². The molecule has 2 aromatic heterocycles. The molecule has 3 rings (SSSR count). The van der Waals surface area contributed by atoms with Gasteiger partial charge in [-0.3, -0.25) is 10.00 Å². The van der Waals surface area contributed by atoms with Crippen molar-refractivity contribution in [3.05, 3.63) is 60.0 Å². The molecule has 2 amide bonds. The fourth-order valence-corrected chi connectivity index (χ4v) is 2.51. The zero-order valence-electron chi connectivity index (χ0n) is 13.7. The number of aryl methyl sites for hydroxylation is 2. The standard InChI is InChI=1S/C17H20N6O/c1-13-12-14(2)22(21-13)11-10-18-17(24)20-16-8-9-19-23(16)15-6-4-3-5-7-15/h3-9,12H,10-11H2,1-2H3,(H2,18,20,24). The summed E-state index contributed by atoms with van der Waals surface area (Å²) in [7, 11) is 0. The number of hydrogen-bond acceptors (Lipinski definition) is 3. The van der Waals surface area contributed by atoms with Crippen LogP contribution in [0.4, 0.5) is 10.6 Å². The number of carbonyl (C=O) groups is 1. The minimum atomic E-state index is -0.269. The minimum Gasteiger partial charge on any atom is -0.336 e.